The number of aromatic nitrogens is 1. The zero-order valence-corrected chi connectivity index (χ0v) is 18.5. The van der Waals surface area contributed by atoms with Crippen LogP contribution in [0.3, 0.4) is 0 Å². The first-order valence-electron chi connectivity index (χ1n) is 9.56. The van der Waals surface area contributed by atoms with Crippen molar-refractivity contribution in [1.82, 2.24) is 4.98 Å². The average Bonchev–Trinajstić information content (AvgIpc) is 3.41. The van der Waals surface area contributed by atoms with Gasteiger partial charge in [-0.15, -0.1) is 11.3 Å². The largest absolute Gasteiger partial charge is 0.303 e. The maximum Gasteiger partial charge on any atom is 0.232 e. The van der Waals surface area contributed by atoms with E-state index in [9.17, 15) is 14.4 Å². The number of hydrogen-bond donors (Lipinski definition) is 1. The number of thiophene rings is 1. The fourth-order valence-electron chi connectivity index (χ4n) is 3.74. The summed E-state index contributed by atoms with van der Waals surface area (Å²) in [6.45, 7) is 5.22. The van der Waals surface area contributed by atoms with Crippen LogP contribution >= 0.6 is 22.7 Å². The third-order valence-corrected chi connectivity index (χ3v) is 7.27. The molecule has 0 spiro atoms. The van der Waals surface area contributed by atoms with E-state index in [1.165, 1.54) is 18.3 Å². The van der Waals surface area contributed by atoms with Gasteiger partial charge in [0.2, 0.25) is 11.8 Å². The summed E-state index contributed by atoms with van der Waals surface area (Å²) < 4.78 is 0. The highest BCUT2D eigenvalue weighted by molar-refractivity contribution is 7.17. The van der Waals surface area contributed by atoms with E-state index < -0.39 is 5.92 Å². The summed E-state index contributed by atoms with van der Waals surface area (Å²) in [5, 5.41) is 5.17. The van der Waals surface area contributed by atoms with Crippen LogP contribution < -0.4 is 10.2 Å². The molecule has 2 aromatic heterocycles. The number of aryl methyl sites for hydroxylation is 2. The molecule has 1 aliphatic heterocycles. The van der Waals surface area contributed by atoms with Crippen molar-refractivity contribution >= 4 is 51.1 Å². The molecule has 3 heterocycles. The molecular formula is C22H21N3O3S2. The molecule has 2 atom stereocenters. The Morgan fingerprint density at radius 2 is 1.90 bits per heavy atom. The van der Waals surface area contributed by atoms with Crippen LogP contribution in [0, 0.1) is 19.8 Å². The molecule has 0 unspecified atom stereocenters. The lowest BCUT2D eigenvalue weighted by Gasteiger charge is -2.27. The Morgan fingerprint density at radius 3 is 2.50 bits per heavy atom. The molecule has 2 amide bonds. The molecule has 1 saturated heterocycles. The Labute approximate surface area is 182 Å². The van der Waals surface area contributed by atoms with Crippen LogP contribution in [0.15, 0.2) is 41.8 Å². The van der Waals surface area contributed by atoms with Crippen molar-refractivity contribution in [2.24, 2.45) is 5.92 Å². The number of amides is 2. The lowest BCUT2D eigenvalue weighted by molar-refractivity contribution is -0.122. The number of nitrogens with zero attached hydrogens (tertiary/aromatic N) is 2. The average molecular weight is 440 g/mol. The van der Waals surface area contributed by atoms with Crippen LogP contribution in [-0.4, -0.2) is 22.6 Å². The van der Waals surface area contributed by atoms with Crippen molar-refractivity contribution in [3.05, 3.63) is 62.8 Å². The summed E-state index contributed by atoms with van der Waals surface area (Å²) >= 11 is 2.69. The van der Waals surface area contributed by atoms with E-state index in [1.807, 2.05) is 48.7 Å². The quantitative estimate of drug-likeness (QED) is 0.582. The number of benzene rings is 1. The van der Waals surface area contributed by atoms with Crippen LogP contribution in [0.1, 0.15) is 45.2 Å². The van der Waals surface area contributed by atoms with Gasteiger partial charge in [0.25, 0.3) is 0 Å². The Morgan fingerprint density at radius 1 is 1.17 bits per heavy atom. The SMILES string of the molecule is CC(=O)c1sc(NC(=O)[C@H]2CC(=O)N(c3ccc(C)cc3)[C@H]2c2cccs2)nc1C. The summed E-state index contributed by atoms with van der Waals surface area (Å²) in [5.41, 5.74) is 2.48. The van der Waals surface area contributed by atoms with Gasteiger partial charge in [-0.25, -0.2) is 4.98 Å². The van der Waals surface area contributed by atoms with Gasteiger partial charge in [0.05, 0.1) is 22.5 Å². The van der Waals surface area contributed by atoms with E-state index >= 15 is 0 Å². The predicted octanol–water partition coefficient (Wildman–Crippen LogP) is 4.76. The maximum atomic E-state index is 13.2. The van der Waals surface area contributed by atoms with Crippen molar-refractivity contribution in [3.63, 3.8) is 0 Å². The fraction of sp³-hybridized carbons (Fsp3) is 0.273. The maximum absolute atomic E-state index is 13.2. The molecule has 6 nitrogen and oxygen atoms in total. The molecule has 3 aromatic rings. The van der Waals surface area contributed by atoms with Gasteiger partial charge in [-0.2, -0.15) is 0 Å². The number of anilines is 2. The van der Waals surface area contributed by atoms with Crippen molar-refractivity contribution in [2.75, 3.05) is 10.2 Å². The number of nitrogens with one attached hydrogen (secondary N) is 1. The van der Waals surface area contributed by atoms with Crippen LogP contribution in [0.4, 0.5) is 10.8 Å². The minimum Gasteiger partial charge on any atom is -0.303 e. The zero-order valence-electron chi connectivity index (χ0n) is 16.8. The molecule has 30 heavy (non-hydrogen) atoms. The Bertz CT molecular complexity index is 1100. The van der Waals surface area contributed by atoms with Crippen LogP contribution in [0.2, 0.25) is 0 Å². The highest BCUT2D eigenvalue weighted by Crippen LogP contribution is 2.43. The molecule has 0 aliphatic carbocycles. The van der Waals surface area contributed by atoms with E-state index in [-0.39, 0.29) is 30.1 Å². The first-order chi connectivity index (χ1) is 14.3. The molecule has 0 saturated carbocycles. The van der Waals surface area contributed by atoms with Gasteiger partial charge in [-0.1, -0.05) is 35.1 Å². The minimum atomic E-state index is -0.553. The van der Waals surface area contributed by atoms with Gasteiger partial charge in [0.1, 0.15) is 0 Å². The number of carbonyl (C=O) groups excluding carboxylic acids is 3. The second kappa shape index (κ2) is 8.12. The smallest absolute Gasteiger partial charge is 0.232 e. The second-order valence-corrected chi connectivity index (χ2v) is 9.33. The van der Waals surface area contributed by atoms with Crippen LogP contribution in [0.25, 0.3) is 0 Å². The number of ketones is 1. The molecule has 1 N–H and O–H groups in total. The summed E-state index contributed by atoms with van der Waals surface area (Å²) in [5.74, 6) is -0.983. The first kappa shape index (κ1) is 20.4. The molecule has 4 rings (SSSR count). The lowest BCUT2D eigenvalue weighted by atomic mass is 9.97. The molecular weight excluding hydrogens is 418 g/mol. The number of carbonyl (C=O) groups is 3. The van der Waals surface area contributed by atoms with Gasteiger partial charge < -0.3 is 10.2 Å². The Kier molecular flexibility index (Phi) is 5.53. The Balaban J connectivity index is 1.65. The van der Waals surface area contributed by atoms with Crippen molar-refractivity contribution < 1.29 is 14.4 Å². The van der Waals surface area contributed by atoms with E-state index in [1.54, 1.807) is 11.8 Å². The fourth-order valence-corrected chi connectivity index (χ4v) is 5.48. The first-order valence-corrected chi connectivity index (χ1v) is 11.3. The standard InChI is InChI=1S/C22H21N3O3S2/c1-12-6-8-15(9-7-12)25-18(27)11-16(19(25)17-5-4-10-29-17)21(28)24-22-23-13(2)20(30-22)14(3)26/h4-10,16,19H,11H2,1-3H3,(H,23,24,28)/t16-,19+/m0/s1. The van der Waals surface area contributed by atoms with Crippen molar-refractivity contribution in [2.45, 2.75) is 33.2 Å². The van der Waals surface area contributed by atoms with E-state index in [4.69, 9.17) is 0 Å². The van der Waals surface area contributed by atoms with Gasteiger partial charge in [-0.05, 0) is 37.4 Å². The molecule has 0 bridgehead atoms. The van der Waals surface area contributed by atoms with E-state index in [0.717, 1.165) is 27.5 Å². The van der Waals surface area contributed by atoms with Crippen molar-refractivity contribution in [3.8, 4) is 0 Å². The number of hydrogen-bond acceptors (Lipinski definition) is 6. The highest BCUT2D eigenvalue weighted by atomic mass is 32.1. The Hall–Kier alpha value is -2.84. The molecule has 1 aromatic carbocycles. The van der Waals surface area contributed by atoms with Crippen LogP contribution in [-0.2, 0) is 9.59 Å². The molecule has 1 aliphatic rings. The summed E-state index contributed by atoms with van der Waals surface area (Å²) in [7, 11) is 0. The molecule has 8 heteroatoms. The molecule has 0 radical (unpaired) electrons. The summed E-state index contributed by atoms with van der Waals surface area (Å²) in [6, 6.07) is 11.3. The van der Waals surface area contributed by atoms with E-state index in [0.29, 0.717) is 15.7 Å². The molecule has 1 fully saturated rings. The van der Waals surface area contributed by atoms with Gasteiger partial charge in [-0.3, -0.25) is 14.4 Å². The minimum absolute atomic E-state index is 0.0800. The number of thiazole rings is 1. The number of Topliss-reactive ketones (excluding diaryl/α,β-unsaturated/α-hetero) is 1. The molecule has 154 valence electrons. The second-order valence-electron chi connectivity index (χ2n) is 7.35. The van der Waals surface area contributed by atoms with Crippen molar-refractivity contribution in [1.29, 1.82) is 0 Å². The van der Waals surface area contributed by atoms with Gasteiger partial charge in [0.15, 0.2) is 10.9 Å². The summed E-state index contributed by atoms with van der Waals surface area (Å²) in [4.78, 5) is 45.4. The van der Waals surface area contributed by atoms with E-state index in [2.05, 4.69) is 10.3 Å². The normalized spacial score (nSPS) is 18.6. The number of rotatable bonds is 5. The monoisotopic (exact) mass is 439 g/mol. The lowest BCUT2D eigenvalue weighted by Crippen LogP contribution is -2.31. The van der Waals surface area contributed by atoms with Gasteiger partial charge >= 0.3 is 0 Å². The summed E-state index contributed by atoms with van der Waals surface area (Å²) in [6.07, 6.45) is 0.117. The predicted molar refractivity (Wildman–Crippen MR) is 119 cm³/mol. The zero-order chi connectivity index (χ0) is 21.4. The van der Waals surface area contributed by atoms with Crippen LogP contribution in [0.5, 0.6) is 0 Å². The topological polar surface area (TPSA) is 79.4 Å². The highest BCUT2D eigenvalue weighted by Gasteiger charge is 2.46. The van der Waals surface area contributed by atoms with Gasteiger partial charge in [0, 0.05) is 23.9 Å². The third kappa shape index (κ3) is 3.80. The third-order valence-electron chi connectivity index (χ3n) is 5.15.